The van der Waals surface area contributed by atoms with Gasteiger partial charge in [-0.15, -0.1) is 0 Å². The fourth-order valence-corrected chi connectivity index (χ4v) is 1.72. The Balaban J connectivity index is 1.95. The van der Waals surface area contributed by atoms with E-state index >= 15 is 0 Å². The van der Waals surface area contributed by atoms with Gasteiger partial charge in [-0.3, -0.25) is 4.79 Å². The highest BCUT2D eigenvalue weighted by Crippen LogP contribution is 2.19. The zero-order chi connectivity index (χ0) is 13.7. The molecule has 0 aliphatic carbocycles. The van der Waals surface area contributed by atoms with Crippen molar-refractivity contribution in [1.29, 1.82) is 0 Å². The first kappa shape index (κ1) is 13.5. The van der Waals surface area contributed by atoms with Crippen molar-refractivity contribution in [3.05, 3.63) is 52.9 Å². The number of carbonyl (C=O) groups excluding carboxylic acids is 1. The molecule has 100 valence electrons. The molecule has 4 nitrogen and oxygen atoms in total. The summed E-state index contributed by atoms with van der Waals surface area (Å²) in [7, 11) is 0. The van der Waals surface area contributed by atoms with E-state index in [0.29, 0.717) is 23.1 Å². The van der Waals surface area contributed by atoms with Gasteiger partial charge < -0.3 is 14.5 Å². The number of furan rings is 1. The second-order valence-electron chi connectivity index (χ2n) is 3.87. The minimum atomic E-state index is -0.225. The molecule has 0 fully saturated rings. The Morgan fingerprint density at radius 3 is 2.95 bits per heavy atom. The minimum absolute atomic E-state index is 0.225. The van der Waals surface area contributed by atoms with E-state index in [1.807, 2.05) is 6.92 Å². The number of hydrogen-bond donors (Lipinski definition) is 1. The third kappa shape index (κ3) is 3.76. The third-order valence-electron chi connectivity index (χ3n) is 2.40. The molecule has 1 amide bonds. The molecule has 5 heteroatoms. The summed E-state index contributed by atoms with van der Waals surface area (Å²) < 4.78 is 10.9. The average Bonchev–Trinajstić information content (AvgIpc) is 2.86. The van der Waals surface area contributed by atoms with Gasteiger partial charge in [0.2, 0.25) is 0 Å². The number of hydrogen-bond acceptors (Lipinski definition) is 3. The van der Waals surface area contributed by atoms with Gasteiger partial charge in [0.1, 0.15) is 18.1 Å². The molecule has 1 heterocycles. The molecular formula is C14H14ClNO3. The fraction of sp³-hybridized carbons (Fsp3) is 0.214. The van der Waals surface area contributed by atoms with Crippen molar-refractivity contribution >= 4 is 17.5 Å². The second kappa shape index (κ2) is 6.29. The highest BCUT2D eigenvalue weighted by Gasteiger charge is 2.10. The predicted molar refractivity (Wildman–Crippen MR) is 72.5 cm³/mol. The minimum Gasteiger partial charge on any atom is -0.486 e. The molecule has 1 N–H and O–H groups in total. The highest BCUT2D eigenvalue weighted by molar-refractivity contribution is 6.30. The molecule has 0 saturated heterocycles. The van der Waals surface area contributed by atoms with Gasteiger partial charge in [0.05, 0.1) is 0 Å². The third-order valence-corrected chi connectivity index (χ3v) is 2.64. The van der Waals surface area contributed by atoms with Gasteiger partial charge in [-0.2, -0.15) is 0 Å². The van der Waals surface area contributed by atoms with Gasteiger partial charge in [-0.05, 0) is 37.3 Å². The highest BCUT2D eigenvalue weighted by atomic mass is 35.5. The summed E-state index contributed by atoms with van der Waals surface area (Å²) in [5.41, 5.74) is 0. The number of carbonyl (C=O) groups is 1. The topological polar surface area (TPSA) is 51.5 Å². The normalized spacial score (nSPS) is 10.2. The summed E-state index contributed by atoms with van der Waals surface area (Å²) in [5, 5.41) is 3.28. The van der Waals surface area contributed by atoms with Crippen molar-refractivity contribution in [2.24, 2.45) is 0 Å². The summed E-state index contributed by atoms with van der Waals surface area (Å²) in [5.74, 6) is 1.30. The number of benzene rings is 1. The van der Waals surface area contributed by atoms with Gasteiger partial charge in [0.15, 0.2) is 5.76 Å². The first-order valence-corrected chi connectivity index (χ1v) is 6.32. The van der Waals surface area contributed by atoms with E-state index in [4.69, 9.17) is 20.8 Å². The lowest BCUT2D eigenvalue weighted by Crippen LogP contribution is -2.21. The van der Waals surface area contributed by atoms with E-state index in [9.17, 15) is 4.79 Å². The van der Waals surface area contributed by atoms with Gasteiger partial charge in [-0.1, -0.05) is 17.7 Å². The van der Waals surface area contributed by atoms with Crippen LogP contribution in [-0.4, -0.2) is 12.5 Å². The second-order valence-corrected chi connectivity index (χ2v) is 4.31. The number of amides is 1. The Labute approximate surface area is 116 Å². The van der Waals surface area contributed by atoms with Crippen LogP contribution < -0.4 is 10.1 Å². The summed E-state index contributed by atoms with van der Waals surface area (Å²) in [6.07, 6.45) is 0. The van der Waals surface area contributed by atoms with Crippen LogP contribution in [0.25, 0.3) is 0 Å². The van der Waals surface area contributed by atoms with Crippen molar-refractivity contribution in [1.82, 2.24) is 5.32 Å². The van der Waals surface area contributed by atoms with Gasteiger partial charge >= 0.3 is 0 Å². The molecule has 19 heavy (non-hydrogen) atoms. The molecule has 0 atom stereocenters. The van der Waals surface area contributed by atoms with E-state index < -0.39 is 0 Å². The summed E-state index contributed by atoms with van der Waals surface area (Å²) >= 11 is 5.85. The summed E-state index contributed by atoms with van der Waals surface area (Å²) in [6, 6.07) is 10.4. The first-order chi connectivity index (χ1) is 9.19. The molecule has 1 aromatic carbocycles. The van der Waals surface area contributed by atoms with Crippen molar-refractivity contribution in [3.8, 4) is 5.75 Å². The molecule has 0 spiro atoms. The lowest BCUT2D eigenvalue weighted by atomic mass is 10.3. The number of halogens is 1. The molecule has 0 bridgehead atoms. The molecule has 2 rings (SSSR count). The molecular weight excluding hydrogens is 266 g/mol. The Morgan fingerprint density at radius 2 is 2.21 bits per heavy atom. The first-order valence-electron chi connectivity index (χ1n) is 5.94. The smallest absolute Gasteiger partial charge is 0.286 e. The van der Waals surface area contributed by atoms with Gasteiger partial charge in [-0.25, -0.2) is 0 Å². The molecule has 0 aliphatic heterocycles. The zero-order valence-electron chi connectivity index (χ0n) is 10.5. The number of nitrogens with one attached hydrogen (secondary N) is 1. The SMILES string of the molecule is CCNC(=O)c1ccc(COc2cccc(Cl)c2)o1. The van der Waals surface area contributed by atoms with E-state index in [-0.39, 0.29) is 18.3 Å². The van der Waals surface area contributed by atoms with E-state index in [1.54, 1.807) is 36.4 Å². The van der Waals surface area contributed by atoms with Crippen LogP contribution in [-0.2, 0) is 6.61 Å². The molecule has 0 unspecified atom stereocenters. The lowest BCUT2D eigenvalue weighted by molar-refractivity contribution is 0.0924. The lowest BCUT2D eigenvalue weighted by Gasteiger charge is -2.04. The maximum Gasteiger partial charge on any atom is 0.286 e. The van der Waals surface area contributed by atoms with E-state index in [1.165, 1.54) is 0 Å². The Hall–Kier alpha value is -1.94. The summed E-state index contributed by atoms with van der Waals surface area (Å²) in [4.78, 5) is 11.5. The van der Waals surface area contributed by atoms with Gasteiger partial charge in [0.25, 0.3) is 5.91 Å². The maximum atomic E-state index is 11.5. The largest absolute Gasteiger partial charge is 0.486 e. The molecule has 0 radical (unpaired) electrons. The van der Waals surface area contributed by atoms with Crippen LogP contribution in [0, 0.1) is 0 Å². The van der Waals surface area contributed by atoms with Crippen LogP contribution in [0.2, 0.25) is 5.02 Å². The Kier molecular flexibility index (Phi) is 4.47. The van der Waals surface area contributed by atoms with Crippen LogP contribution in [0.1, 0.15) is 23.2 Å². The zero-order valence-corrected chi connectivity index (χ0v) is 11.2. The monoisotopic (exact) mass is 279 g/mol. The van der Waals surface area contributed by atoms with Crippen LogP contribution in [0.4, 0.5) is 0 Å². The Bertz CT molecular complexity index is 565. The molecule has 0 aliphatic rings. The fourth-order valence-electron chi connectivity index (χ4n) is 1.54. The van der Waals surface area contributed by atoms with Crippen molar-refractivity contribution in [3.63, 3.8) is 0 Å². The van der Waals surface area contributed by atoms with Crippen LogP contribution in [0.5, 0.6) is 5.75 Å². The van der Waals surface area contributed by atoms with Crippen LogP contribution >= 0.6 is 11.6 Å². The molecule has 0 saturated carbocycles. The quantitative estimate of drug-likeness (QED) is 0.914. The van der Waals surface area contributed by atoms with E-state index in [0.717, 1.165) is 0 Å². The van der Waals surface area contributed by atoms with Crippen LogP contribution in [0.15, 0.2) is 40.8 Å². The standard InChI is InChI=1S/C14H14ClNO3/c1-2-16-14(17)13-7-6-12(19-13)9-18-11-5-3-4-10(15)8-11/h3-8H,2,9H2,1H3,(H,16,17). The predicted octanol–water partition coefficient (Wildman–Crippen LogP) is 3.26. The van der Waals surface area contributed by atoms with Crippen LogP contribution in [0.3, 0.4) is 0 Å². The average molecular weight is 280 g/mol. The Morgan fingerprint density at radius 1 is 1.37 bits per heavy atom. The van der Waals surface area contributed by atoms with Gasteiger partial charge in [0, 0.05) is 11.6 Å². The van der Waals surface area contributed by atoms with E-state index in [2.05, 4.69) is 5.32 Å². The summed E-state index contributed by atoms with van der Waals surface area (Å²) in [6.45, 7) is 2.66. The molecule has 2 aromatic rings. The maximum absolute atomic E-state index is 11.5. The van der Waals surface area contributed by atoms with Crippen molar-refractivity contribution in [2.75, 3.05) is 6.54 Å². The number of ether oxygens (including phenoxy) is 1. The van der Waals surface area contributed by atoms with Crippen molar-refractivity contribution in [2.45, 2.75) is 13.5 Å². The van der Waals surface area contributed by atoms with Crippen molar-refractivity contribution < 1.29 is 13.9 Å². The number of rotatable bonds is 5. The molecule has 1 aromatic heterocycles.